The highest BCUT2D eigenvalue weighted by molar-refractivity contribution is 7.89. The van der Waals surface area contributed by atoms with Gasteiger partial charge < -0.3 is 9.47 Å². The summed E-state index contributed by atoms with van der Waals surface area (Å²) in [6.45, 7) is 8.61. The number of carbonyl (C=O) groups excluding carboxylic acids is 1. The Bertz CT molecular complexity index is 1190. The number of likely N-dealkylation sites (tertiary alicyclic amines) is 1. The number of carbonyl (C=O) groups is 1. The lowest BCUT2D eigenvalue weighted by Crippen LogP contribution is -2.44. The van der Waals surface area contributed by atoms with Crippen molar-refractivity contribution in [3.8, 4) is 0 Å². The molecule has 1 aromatic heterocycles. The number of hydrogen-bond acceptors (Lipinski definition) is 4. The third kappa shape index (κ3) is 4.22. The highest BCUT2D eigenvalue weighted by atomic mass is 32.2. The Morgan fingerprint density at radius 3 is 2.25 bits per heavy atom. The molecule has 2 aromatic rings. The number of nitrogens with zero attached hydrogens (tertiary/aromatic N) is 3. The number of benzene rings is 1. The summed E-state index contributed by atoms with van der Waals surface area (Å²) in [6, 6.07) is 4.67. The minimum Gasteiger partial charge on any atom is -0.350 e. The fourth-order valence-corrected chi connectivity index (χ4v) is 6.65. The lowest BCUT2D eigenvalue weighted by Gasteiger charge is -2.35. The van der Waals surface area contributed by atoms with Crippen LogP contribution in [0.3, 0.4) is 0 Å². The number of fused-ring (bicyclic) bond motifs is 1. The maximum absolute atomic E-state index is 13.4. The zero-order valence-corrected chi connectivity index (χ0v) is 20.2. The van der Waals surface area contributed by atoms with E-state index < -0.39 is 15.5 Å². The SMILES string of the molecule is CC1CCN(S(=O)(=O)c2ccc3c(c2)c(=O)c(C(=O)N2C[C@H](C)C[C@@H](C)C2)cn3C)CC1. The molecule has 0 aliphatic carbocycles. The van der Waals surface area contributed by atoms with E-state index in [0.29, 0.717) is 49.4 Å². The second kappa shape index (κ2) is 8.63. The Morgan fingerprint density at radius 2 is 1.62 bits per heavy atom. The van der Waals surface area contributed by atoms with E-state index >= 15 is 0 Å². The van der Waals surface area contributed by atoms with Crippen LogP contribution < -0.4 is 5.43 Å². The van der Waals surface area contributed by atoms with E-state index in [-0.39, 0.29) is 21.8 Å². The maximum Gasteiger partial charge on any atom is 0.259 e. The quantitative estimate of drug-likeness (QED) is 0.707. The van der Waals surface area contributed by atoms with Gasteiger partial charge in [-0.3, -0.25) is 9.59 Å². The highest BCUT2D eigenvalue weighted by Crippen LogP contribution is 2.26. The molecule has 0 spiro atoms. The summed E-state index contributed by atoms with van der Waals surface area (Å²) in [5.41, 5.74) is 0.305. The molecule has 0 unspecified atom stereocenters. The fraction of sp³-hybridized carbons (Fsp3) is 0.583. The van der Waals surface area contributed by atoms with Crippen molar-refractivity contribution in [1.29, 1.82) is 0 Å². The van der Waals surface area contributed by atoms with Crippen molar-refractivity contribution in [2.75, 3.05) is 26.2 Å². The van der Waals surface area contributed by atoms with Gasteiger partial charge in [0.05, 0.1) is 10.4 Å². The average molecular weight is 460 g/mol. The Hall–Kier alpha value is -2.19. The molecule has 2 saturated heterocycles. The van der Waals surface area contributed by atoms with Crippen LogP contribution in [0.4, 0.5) is 0 Å². The van der Waals surface area contributed by atoms with Crippen LogP contribution in [0.1, 0.15) is 50.4 Å². The molecular formula is C24H33N3O4S. The van der Waals surface area contributed by atoms with E-state index in [4.69, 9.17) is 0 Å². The van der Waals surface area contributed by atoms with Crippen LogP contribution in [0.25, 0.3) is 10.9 Å². The highest BCUT2D eigenvalue weighted by Gasteiger charge is 2.30. The van der Waals surface area contributed by atoms with E-state index in [1.165, 1.54) is 10.4 Å². The first-order chi connectivity index (χ1) is 15.1. The third-order valence-corrected chi connectivity index (χ3v) is 8.82. The van der Waals surface area contributed by atoms with Gasteiger partial charge in [-0.1, -0.05) is 20.8 Å². The number of aromatic nitrogens is 1. The second-order valence-corrected chi connectivity index (χ2v) is 11.8. The molecule has 1 aromatic carbocycles. The molecule has 4 rings (SSSR count). The molecule has 32 heavy (non-hydrogen) atoms. The summed E-state index contributed by atoms with van der Waals surface area (Å²) in [7, 11) is -1.91. The minimum absolute atomic E-state index is 0.0997. The standard InChI is InChI=1S/C24H33N3O4S/c1-16-7-9-27(10-8-16)32(30,31)19-5-6-22-20(12-19)23(28)21(15-25(22)4)24(29)26-13-17(2)11-18(3)14-26/h5-6,12,15-18H,7-11,13-14H2,1-4H3/t17-,18-/m1/s1. The van der Waals surface area contributed by atoms with Gasteiger partial charge in [-0.2, -0.15) is 4.31 Å². The summed E-state index contributed by atoms with van der Waals surface area (Å²) in [6.07, 6.45) is 4.31. The van der Waals surface area contributed by atoms with Crippen molar-refractivity contribution in [2.45, 2.75) is 44.9 Å². The molecule has 174 valence electrons. The van der Waals surface area contributed by atoms with Crippen LogP contribution in [0.15, 0.2) is 34.1 Å². The first kappa shape index (κ1) is 23.0. The predicted molar refractivity (Wildman–Crippen MR) is 125 cm³/mol. The van der Waals surface area contributed by atoms with Crippen LogP contribution >= 0.6 is 0 Å². The number of aryl methyl sites for hydroxylation is 1. The lowest BCUT2D eigenvalue weighted by molar-refractivity contribution is 0.0621. The first-order valence-electron chi connectivity index (χ1n) is 11.5. The van der Waals surface area contributed by atoms with E-state index in [9.17, 15) is 18.0 Å². The first-order valence-corrected chi connectivity index (χ1v) is 12.9. The summed E-state index contributed by atoms with van der Waals surface area (Å²) in [4.78, 5) is 28.5. The van der Waals surface area contributed by atoms with E-state index in [0.717, 1.165) is 19.3 Å². The Kier molecular flexibility index (Phi) is 6.20. The summed E-state index contributed by atoms with van der Waals surface area (Å²) >= 11 is 0. The molecule has 7 nitrogen and oxygen atoms in total. The molecule has 2 aliphatic heterocycles. The van der Waals surface area contributed by atoms with Crippen LogP contribution in [0.2, 0.25) is 0 Å². The molecule has 2 fully saturated rings. The molecule has 3 heterocycles. The molecule has 0 N–H and O–H groups in total. The Balaban J connectivity index is 1.74. The molecule has 2 atom stereocenters. The van der Waals surface area contributed by atoms with E-state index in [2.05, 4.69) is 20.8 Å². The largest absolute Gasteiger partial charge is 0.350 e. The normalized spacial score (nSPS) is 23.6. The summed E-state index contributed by atoms with van der Waals surface area (Å²) in [5.74, 6) is 1.01. The van der Waals surface area contributed by atoms with Gasteiger partial charge in [0.2, 0.25) is 15.5 Å². The zero-order chi connectivity index (χ0) is 23.2. The Morgan fingerprint density at radius 1 is 1.00 bits per heavy atom. The van der Waals surface area contributed by atoms with Crippen molar-refractivity contribution in [1.82, 2.24) is 13.8 Å². The molecule has 2 aliphatic rings. The second-order valence-electron chi connectivity index (χ2n) is 9.90. The third-order valence-electron chi connectivity index (χ3n) is 6.93. The molecular weight excluding hydrogens is 426 g/mol. The molecule has 8 heteroatoms. The number of piperidine rings is 2. The summed E-state index contributed by atoms with van der Waals surface area (Å²) < 4.78 is 29.7. The van der Waals surface area contributed by atoms with Gasteiger partial charge in [-0.25, -0.2) is 8.42 Å². The number of pyridine rings is 1. The van der Waals surface area contributed by atoms with Crippen molar-refractivity contribution in [3.63, 3.8) is 0 Å². The van der Waals surface area contributed by atoms with Crippen LogP contribution in [-0.4, -0.2) is 54.3 Å². The van der Waals surface area contributed by atoms with Gasteiger partial charge in [-0.15, -0.1) is 0 Å². The fourth-order valence-electron chi connectivity index (χ4n) is 5.16. The Labute approximate surface area is 190 Å². The van der Waals surface area contributed by atoms with Crippen molar-refractivity contribution >= 4 is 26.8 Å². The van der Waals surface area contributed by atoms with E-state index in [1.807, 2.05) is 0 Å². The van der Waals surface area contributed by atoms with Crippen molar-refractivity contribution < 1.29 is 13.2 Å². The van der Waals surface area contributed by atoms with Gasteiger partial charge in [0.25, 0.3) is 5.91 Å². The van der Waals surface area contributed by atoms with Crippen LogP contribution in [-0.2, 0) is 17.1 Å². The van der Waals surface area contributed by atoms with Crippen LogP contribution in [0.5, 0.6) is 0 Å². The topological polar surface area (TPSA) is 79.7 Å². The number of rotatable bonds is 3. The van der Waals surface area contributed by atoms with Gasteiger partial charge in [0.1, 0.15) is 5.56 Å². The molecule has 0 bridgehead atoms. The number of sulfonamides is 1. The van der Waals surface area contributed by atoms with Gasteiger partial charge in [-0.05, 0) is 55.2 Å². The summed E-state index contributed by atoms with van der Waals surface area (Å²) in [5, 5.41) is 0.267. The monoisotopic (exact) mass is 459 g/mol. The predicted octanol–water partition coefficient (Wildman–Crippen LogP) is 3.08. The van der Waals surface area contributed by atoms with Gasteiger partial charge >= 0.3 is 0 Å². The van der Waals surface area contributed by atoms with Gasteiger partial charge in [0.15, 0.2) is 0 Å². The molecule has 1 amide bonds. The average Bonchev–Trinajstić information content (AvgIpc) is 2.75. The number of amides is 1. The zero-order valence-electron chi connectivity index (χ0n) is 19.4. The van der Waals surface area contributed by atoms with Crippen molar-refractivity contribution in [3.05, 3.63) is 40.2 Å². The lowest BCUT2D eigenvalue weighted by atomic mass is 9.91. The van der Waals surface area contributed by atoms with Crippen molar-refractivity contribution in [2.24, 2.45) is 24.8 Å². The molecule has 0 saturated carbocycles. The smallest absolute Gasteiger partial charge is 0.259 e. The maximum atomic E-state index is 13.4. The molecule has 0 radical (unpaired) electrons. The minimum atomic E-state index is -3.68. The van der Waals surface area contributed by atoms with Crippen LogP contribution in [0, 0.1) is 17.8 Å². The van der Waals surface area contributed by atoms with E-state index in [1.54, 1.807) is 34.8 Å². The number of hydrogen-bond donors (Lipinski definition) is 0. The van der Waals surface area contributed by atoms with Gasteiger partial charge in [0, 0.05) is 44.8 Å².